The molecule has 0 bridgehead atoms. The Bertz CT molecular complexity index is 435. The van der Waals surface area contributed by atoms with Gasteiger partial charge in [-0.25, -0.2) is 0 Å². The Kier molecular flexibility index (Phi) is 4.40. The van der Waals surface area contributed by atoms with Crippen molar-refractivity contribution < 1.29 is 9.84 Å². The highest BCUT2D eigenvalue weighted by Crippen LogP contribution is 2.46. The van der Waals surface area contributed by atoms with Crippen molar-refractivity contribution in [3.05, 3.63) is 29.8 Å². The second-order valence-electron chi connectivity index (χ2n) is 6.31. The molecule has 20 heavy (non-hydrogen) atoms. The van der Waals surface area contributed by atoms with Crippen LogP contribution < -0.4 is 10.5 Å². The Hall–Kier alpha value is -1.06. The second-order valence-corrected chi connectivity index (χ2v) is 6.31. The number of ether oxygens (including phenoxy) is 1. The average molecular weight is 277 g/mol. The van der Waals surface area contributed by atoms with E-state index in [0.29, 0.717) is 0 Å². The molecule has 0 saturated heterocycles. The minimum Gasteiger partial charge on any atom is -0.497 e. The molecule has 2 atom stereocenters. The molecule has 112 valence electrons. The van der Waals surface area contributed by atoms with Crippen LogP contribution in [0.2, 0.25) is 0 Å². The molecule has 0 radical (unpaired) electrons. The zero-order valence-corrected chi connectivity index (χ0v) is 12.9. The quantitative estimate of drug-likeness (QED) is 0.889. The van der Waals surface area contributed by atoms with E-state index in [1.54, 1.807) is 7.11 Å². The maximum absolute atomic E-state index is 11.2. The Morgan fingerprint density at radius 1 is 1.20 bits per heavy atom. The Balaban J connectivity index is 2.42. The van der Waals surface area contributed by atoms with Gasteiger partial charge >= 0.3 is 0 Å². The molecule has 2 rings (SSSR count). The van der Waals surface area contributed by atoms with Crippen LogP contribution in [0.25, 0.3) is 0 Å². The molecule has 0 aliphatic heterocycles. The summed E-state index contributed by atoms with van der Waals surface area (Å²) in [4.78, 5) is 0. The standard InChI is InChI=1S/C17H27NO2/c1-13(18)16(2,17(19)11-5-4-6-12-17)14-7-9-15(20-3)10-8-14/h7-10,13,19H,4-6,11-12,18H2,1-3H3. The SMILES string of the molecule is COc1ccc(C(C)(C(C)N)C2(O)CCCCC2)cc1. The monoisotopic (exact) mass is 277 g/mol. The molecule has 1 aromatic rings. The summed E-state index contributed by atoms with van der Waals surface area (Å²) in [6, 6.07) is 7.85. The Labute approximate surface area is 122 Å². The van der Waals surface area contributed by atoms with Gasteiger partial charge < -0.3 is 15.6 Å². The van der Waals surface area contributed by atoms with Crippen LogP contribution in [0.1, 0.15) is 51.5 Å². The first-order valence-electron chi connectivity index (χ1n) is 7.56. The molecule has 0 heterocycles. The van der Waals surface area contributed by atoms with Gasteiger partial charge in [0.1, 0.15) is 5.75 Å². The molecule has 1 aliphatic carbocycles. The minimum atomic E-state index is -0.714. The molecule has 1 fully saturated rings. The van der Waals surface area contributed by atoms with Gasteiger partial charge in [0.05, 0.1) is 12.7 Å². The molecule has 3 N–H and O–H groups in total. The van der Waals surface area contributed by atoms with E-state index in [4.69, 9.17) is 10.5 Å². The summed E-state index contributed by atoms with van der Waals surface area (Å²) in [7, 11) is 1.66. The van der Waals surface area contributed by atoms with Gasteiger partial charge in [0.25, 0.3) is 0 Å². The molecule has 3 heteroatoms. The van der Waals surface area contributed by atoms with Gasteiger partial charge in [0.15, 0.2) is 0 Å². The van der Waals surface area contributed by atoms with E-state index in [2.05, 4.69) is 6.92 Å². The lowest BCUT2D eigenvalue weighted by molar-refractivity contribution is -0.0702. The number of hydrogen-bond acceptors (Lipinski definition) is 3. The number of nitrogens with two attached hydrogens (primary N) is 1. The molecule has 2 unspecified atom stereocenters. The van der Waals surface area contributed by atoms with E-state index in [1.807, 2.05) is 31.2 Å². The van der Waals surface area contributed by atoms with Gasteiger partial charge in [-0.2, -0.15) is 0 Å². The number of methoxy groups -OCH3 is 1. The smallest absolute Gasteiger partial charge is 0.118 e. The molecule has 0 aromatic heterocycles. The summed E-state index contributed by atoms with van der Waals surface area (Å²) in [6.45, 7) is 4.10. The van der Waals surface area contributed by atoms with Crippen molar-refractivity contribution in [2.75, 3.05) is 7.11 Å². The lowest BCUT2D eigenvalue weighted by Crippen LogP contribution is -2.59. The van der Waals surface area contributed by atoms with Crippen molar-refractivity contribution in [2.45, 2.75) is 63.0 Å². The molecule has 0 spiro atoms. The van der Waals surface area contributed by atoms with E-state index in [9.17, 15) is 5.11 Å². The lowest BCUT2D eigenvalue weighted by Gasteiger charge is -2.50. The fraction of sp³-hybridized carbons (Fsp3) is 0.647. The van der Waals surface area contributed by atoms with Crippen LogP contribution in [0.5, 0.6) is 5.75 Å². The maximum atomic E-state index is 11.2. The zero-order chi connectivity index (χ0) is 14.8. The maximum Gasteiger partial charge on any atom is 0.118 e. The first kappa shape index (κ1) is 15.3. The molecule has 1 saturated carbocycles. The van der Waals surface area contributed by atoms with E-state index >= 15 is 0 Å². The first-order valence-corrected chi connectivity index (χ1v) is 7.56. The summed E-state index contributed by atoms with van der Waals surface area (Å²) in [6.07, 6.45) is 5.03. The molecule has 0 amide bonds. The summed E-state index contributed by atoms with van der Waals surface area (Å²) < 4.78 is 5.22. The first-order chi connectivity index (χ1) is 9.44. The topological polar surface area (TPSA) is 55.5 Å². The largest absolute Gasteiger partial charge is 0.497 e. The predicted octanol–water partition coefficient (Wildman–Crippen LogP) is 3.00. The molecular formula is C17H27NO2. The third-order valence-corrected chi connectivity index (χ3v) is 5.25. The Morgan fingerprint density at radius 3 is 2.20 bits per heavy atom. The highest BCUT2D eigenvalue weighted by molar-refractivity contribution is 5.36. The number of rotatable bonds is 4. The van der Waals surface area contributed by atoms with Gasteiger partial charge in [-0.15, -0.1) is 0 Å². The van der Waals surface area contributed by atoms with Gasteiger partial charge in [0.2, 0.25) is 0 Å². The number of hydrogen-bond donors (Lipinski definition) is 2. The predicted molar refractivity (Wildman–Crippen MR) is 82.0 cm³/mol. The van der Waals surface area contributed by atoms with Crippen molar-refractivity contribution in [2.24, 2.45) is 5.73 Å². The number of benzene rings is 1. The van der Waals surface area contributed by atoms with Crippen LogP contribution in [-0.4, -0.2) is 23.9 Å². The van der Waals surface area contributed by atoms with Crippen LogP contribution in [0, 0.1) is 0 Å². The fourth-order valence-electron chi connectivity index (χ4n) is 3.55. The lowest BCUT2D eigenvalue weighted by atomic mass is 9.60. The summed E-state index contributed by atoms with van der Waals surface area (Å²) in [5.41, 5.74) is 6.25. The summed E-state index contributed by atoms with van der Waals surface area (Å²) >= 11 is 0. The molecule has 1 aromatic carbocycles. The van der Waals surface area contributed by atoms with Gasteiger partial charge in [-0.05, 0) is 37.5 Å². The van der Waals surface area contributed by atoms with E-state index in [1.165, 1.54) is 6.42 Å². The molecular weight excluding hydrogens is 250 g/mol. The van der Waals surface area contributed by atoms with Crippen LogP contribution >= 0.6 is 0 Å². The third kappa shape index (κ3) is 2.45. The van der Waals surface area contributed by atoms with E-state index in [-0.39, 0.29) is 6.04 Å². The van der Waals surface area contributed by atoms with Crippen molar-refractivity contribution >= 4 is 0 Å². The second kappa shape index (κ2) is 5.74. The van der Waals surface area contributed by atoms with Crippen molar-refractivity contribution in [3.63, 3.8) is 0 Å². The molecule has 1 aliphatic rings. The highest BCUT2D eigenvalue weighted by atomic mass is 16.5. The average Bonchev–Trinajstić information content (AvgIpc) is 2.47. The van der Waals surface area contributed by atoms with Gasteiger partial charge in [-0.1, -0.05) is 38.3 Å². The third-order valence-electron chi connectivity index (χ3n) is 5.25. The highest BCUT2D eigenvalue weighted by Gasteiger charge is 2.50. The minimum absolute atomic E-state index is 0.112. The Morgan fingerprint density at radius 2 is 1.75 bits per heavy atom. The van der Waals surface area contributed by atoms with Crippen LogP contribution in [0.4, 0.5) is 0 Å². The van der Waals surface area contributed by atoms with Crippen LogP contribution in [0.3, 0.4) is 0 Å². The van der Waals surface area contributed by atoms with E-state index in [0.717, 1.165) is 37.0 Å². The normalized spacial score (nSPS) is 22.9. The van der Waals surface area contributed by atoms with Crippen LogP contribution in [0.15, 0.2) is 24.3 Å². The fourth-order valence-corrected chi connectivity index (χ4v) is 3.55. The van der Waals surface area contributed by atoms with Gasteiger partial charge in [-0.3, -0.25) is 0 Å². The van der Waals surface area contributed by atoms with Crippen molar-refractivity contribution in [1.29, 1.82) is 0 Å². The summed E-state index contributed by atoms with van der Waals surface area (Å²) in [5, 5.41) is 11.2. The van der Waals surface area contributed by atoms with E-state index < -0.39 is 11.0 Å². The number of aliphatic hydroxyl groups is 1. The van der Waals surface area contributed by atoms with Crippen molar-refractivity contribution in [3.8, 4) is 5.75 Å². The van der Waals surface area contributed by atoms with Crippen LogP contribution in [-0.2, 0) is 5.41 Å². The molecule has 3 nitrogen and oxygen atoms in total. The van der Waals surface area contributed by atoms with Crippen molar-refractivity contribution in [1.82, 2.24) is 0 Å². The summed E-state index contributed by atoms with van der Waals surface area (Å²) in [5.74, 6) is 0.830. The zero-order valence-electron chi connectivity index (χ0n) is 12.9. The van der Waals surface area contributed by atoms with Gasteiger partial charge in [0, 0.05) is 11.5 Å².